The quantitative estimate of drug-likeness (QED) is 0.209. The van der Waals surface area contributed by atoms with Crippen molar-refractivity contribution in [3.63, 3.8) is 0 Å². The molecule has 3 aromatic rings. The van der Waals surface area contributed by atoms with Crippen molar-refractivity contribution in [1.82, 2.24) is 4.90 Å². The first kappa shape index (κ1) is 27.3. The van der Waals surface area contributed by atoms with Gasteiger partial charge >= 0.3 is 0 Å². The highest BCUT2D eigenvalue weighted by Crippen LogP contribution is 2.33. The van der Waals surface area contributed by atoms with Gasteiger partial charge in [-0.2, -0.15) is 0 Å². The molecular formula is C24H11BrCl4N2O3S2. The summed E-state index contributed by atoms with van der Waals surface area (Å²) in [6, 6.07) is 13.9. The molecule has 0 aromatic heterocycles. The van der Waals surface area contributed by atoms with Crippen LogP contribution < -0.4 is 0 Å². The minimum Gasteiger partial charge on any atom is -0.291 e. The third-order valence-corrected chi connectivity index (χ3v) is 8.37. The Morgan fingerprint density at radius 3 is 1.92 bits per heavy atom. The van der Waals surface area contributed by atoms with E-state index in [1.54, 1.807) is 24.3 Å². The second kappa shape index (κ2) is 11.3. The molecule has 0 unspecified atom stereocenters. The van der Waals surface area contributed by atoms with Gasteiger partial charge in [0.2, 0.25) is 0 Å². The van der Waals surface area contributed by atoms with Crippen molar-refractivity contribution in [1.29, 1.82) is 0 Å². The van der Waals surface area contributed by atoms with E-state index in [0.717, 1.165) is 21.1 Å². The van der Waals surface area contributed by atoms with Crippen LogP contribution in [-0.4, -0.2) is 37.9 Å². The van der Waals surface area contributed by atoms with Crippen molar-refractivity contribution in [2.24, 2.45) is 4.99 Å². The highest BCUT2D eigenvalue weighted by molar-refractivity contribution is 9.10. The molecule has 0 N–H and O–H groups in total. The molecule has 2 amide bonds. The molecule has 1 heterocycles. The van der Waals surface area contributed by atoms with Gasteiger partial charge in [-0.1, -0.05) is 86.7 Å². The number of benzene rings is 3. The van der Waals surface area contributed by atoms with E-state index in [1.807, 2.05) is 0 Å². The van der Waals surface area contributed by atoms with Gasteiger partial charge in [0.1, 0.15) is 9.36 Å². The van der Waals surface area contributed by atoms with E-state index in [4.69, 9.17) is 58.6 Å². The van der Waals surface area contributed by atoms with Gasteiger partial charge in [0.05, 0.1) is 20.1 Å². The third kappa shape index (κ3) is 5.70. The highest BCUT2D eigenvalue weighted by Gasteiger charge is 2.45. The van der Waals surface area contributed by atoms with E-state index in [1.165, 1.54) is 36.4 Å². The fourth-order valence-electron chi connectivity index (χ4n) is 3.26. The SMILES string of the molecule is O=C(N=C1SC(=S)N(C(=O)c2ccc(Cl)c(Cl)c2)[C@H]1C(=O)c1ccc(Br)cc1)c1ccc(Cl)c(Cl)c1. The maximum atomic E-state index is 13.6. The van der Waals surface area contributed by atoms with E-state index in [2.05, 4.69) is 20.9 Å². The second-order valence-corrected chi connectivity index (χ2v) is 11.5. The van der Waals surface area contributed by atoms with Gasteiger partial charge in [-0.3, -0.25) is 19.3 Å². The predicted molar refractivity (Wildman–Crippen MR) is 153 cm³/mol. The van der Waals surface area contributed by atoms with E-state index >= 15 is 0 Å². The average Bonchev–Trinajstić information content (AvgIpc) is 3.17. The van der Waals surface area contributed by atoms with Crippen LogP contribution in [0.2, 0.25) is 20.1 Å². The predicted octanol–water partition coefficient (Wildman–Crippen LogP) is 8.03. The lowest BCUT2D eigenvalue weighted by Crippen LogP contribution is -2.45. The van der Waals surface area contributed by atoms with Crippen molar-refractivity contribution in [3.05, 3.63) is 102 Å². The van der Waals surface area contributed by atoms with E-state index in [9.17, 15) is 14.4 Å². The zero-order chi connectivity index (χ0) is 26.1. The van der Waals surface area contributed by atoms with Gasteiger partial charge < -0.3 is 0 Å². The Morgan fingerprint density at radius 2 is 1.33 bits per heavy atom. The highest BCUT2D eigenvalue weighted by atomic mass is 79.9. The number of amides is 2. The number of hydrogen-bond donors (Lipinski definition) is 0. The molecule has 0 spiro atoms. The van der Waals surface area contributed by atoms with Crippen molar-refractivity contribution in [2.45, 2.75) is 6.04 Å². The standard InChI is InChI=1S/C24H11BrCl4N2O3S2/c25-14-5-1-11(2-6-14)20(32)19-22(30-21(33)12-3-7-15(26)17(28)9-12)36-24(35)31(19)23(34)13-4-8-16(27)18(29)10-13/h1-10,19H/t19-/m0/s1. The van der Waals surface area contributed by atoms with Crippen molar-refractivity contribution >= 4 is 113 Å². The molecule has 0 saturated carbocycles. The summed E-state index contributed by atoms with van der Waals surface area (Å²) >= 11 is 33.7. The molecule has 3 aromatic carbocycles. The van der Waals surface area contributed by atoms with Crippen LogP contribution in [-0.2, 0) is 0 Å². The molecule has 0 bridgehead atoms. The van der Waals surface area contributed by atoms with Crippen LogP contribution in [0.15, 0.2) is 70.1 Å². The molecule has 1 aliphatic rings. The molecule has 4 rings (SSSR count). The van der Waals surface area contributed by atoms with Gasteiger partial charge in [0, 0.05) is 21.2 Å². The minimum absolute atomic E-state index is 0.0531. The van der Waals surface area contributed by atoms with Crippen molar-refractivity contribution < 1.29 is 14.4 Å². The van der Waals surface area contributed by atoms with Gasteiger partial charge in [0.15, 0.2) is 11.8 Å². The summed E-state index contributed by atoms with van der Waals surface area (Å²) in [6.07, 6.45) is 0. The maximum Gasteiger partial charge on any atom is 0.277 e. The van der Waals surface area contributed by atoms with Crippen LogP contribution in [0.1, 0.15) is 31.1 Å². The number of halogens is 5. The van der Waals surface area contributed by atoms with Crippen molar-refractivity contribution in [3.8, 4) is 0 Å². The van der Waals surface area contributed by atoms with Crippen molar-refractivity contribution in [2.75, 3.05) is 0 Å². The molecule has 1 fully saturated rings. The van der Waals surface area contributed by atoms with Gasteiger partial charge in [-0.25, -0.2) is 4.99 Å². The van der Waals surface area contributed by atoms with Gasteiger partial charge in [-0.05, 0) is 60.3 Å². The lowest BCUT2D eigenvalue weighted by molar-refractivity contribution is 0.0777. The zero-order valence-corrected chi connectivity index (χ0v) is 23.9. The van der Waals surface area contributed by atoms with Crippen LogP contribution >= 0.6 is 86.3 Å². The number of Topliss-reactive ketones (excluding diaryl/α,β-unsaturated/α-hetero) is 1. The van der Waals surface area contributed by atoms with Crippen LogP contribution in [0.3, 0.4) is 0 Å². The molecule has 0 aliphatic carbocycles. The van der Waals surface area contributed by atoms with Gasteiger partial charge in [-0.15, -0.1) is 0 Å². The van der Waals surface area contributed by atoms with E-state index in [0.29, 0.717) is 5.56 Å². The Balaban J connectivity index is 1.78. The first-order valence-electron chi connectivity index (χ1n) is 9.95. The number of carbonyl (C=O) groups is 3. The topological polar surface area (TPSA) is 66.8 Å². The molecule has 1 atom stereocenters. The Hall–Kier alpha value is -1.78. The molecule has 182 valence electrons. The summed E-state index contributed by atoms with van der Waals surface area (Å²) in [4.78, 5) is 45.4. The Morgan fingerprint density at radius 1 is 0.806 bits per heavy atom. The lowest BCUT2D eigenvalue weighted by Gasteiger charge is -2.23. The Bertz CT molecular complexity index is 1460. The molecule has 12 heteroatoms. The van der Waals surface area contributed by atoms with Crippen LogP contribution in [0.5, 0.6) is 0 Å². The number of ketones is 1. The Labute approximate surface area is 243 Å². The number of thioether (sulfide) groups is 1. The summed E-state index contributed by atoms with van der Waals surface area (Å²) in [5.74, 6) is -1.73. The molecule has 36 heavy (non-hydrogen) atoms. The first-order valence-corrected chi connectivity index (χ1v) is 13.5. The largest absolute Gasteiger partial charge is 0.291 e. The fourth-order valence-corrected chi connectivity index (χ4v) is 5.48. The normalized spacial score (nSPS) is 16.5. The molecule has 0 radical (unpaired) electrons. The number of nitrogens with zero attached hydrogens (tertiary/aromatic N) is 2. The maximum absolute atomic E-state index is 13.6. The summed E-state index contributed by atoms with van der Waals surface area (Å²) in [5, 5.41) is 0.941. The number of aliphatic imine (C=N–C) groups is 1. The van der Waals surface area contributed by atoms with Crippen LogP contribution in [0.4, 0.5) is 0 Å². The first-order chi connectivity index (χ1) is 17.1. The Kier molecular flexibility index (Phi) is 8.56. The number of hydrogen-bond acceptors (Lipinski definition) is 5. The minimum atomic E-state index is -1.27. The molecule has 1 saturated heterocycles. The number of rotatable bonds is 4. The number of carbonyl (C=O) groups excluding carboxylic acids is 3. The lowest BCUT2D eigenvalue weighted by atomic mass is 10.0. The average molecular weight is 661 g/mol. The molecular weight excluding hydrogens is 650 g/mol. The van der Waals surface area contributed by atoms with E-state index in [-0.39, 0.29) is 40.6 Å². The monoisotopic (exact) mass is 658 g/mol. The van der Waals surface area contributed by atoms with Crippen LogP contribution in [0, 0.1) is 0 Å². The molecule has 5 nitrogen and oxygen atoms in total. The number of thiocarbonyl (C=S) groups is 1. The fraction of sp³-hybridized carbons (Fsp3) is 0.0417. The summed E-state index contributed by atoms with van der Waals surface area (Å²) in [6.45, 7) is 0. The van der Waals surface area contributed by atoms with Crippen LogP contribution in [0.25, 0.3) is 0 Å². The summed E-state index contributed by atoms with van der Waals surface area (Å²) in [7, 11) is 0. The summed E-state index contributed by atoms with van der Waals surface area (Å²) < 4.78 is 0.824. The zero-order valence-electron chi connectivity index (χ0n) is 17.7. The molecule has 1 aliphatic heterocycles. The second-order valence-electron chi connectivity index (χ2n) is 7.33. The summed E-state index contributed by atoms with van der Waals surface area (Å²) in [5.41, 5.74) is 0.626. The van der Waals surface area contributed by atoms with E-state index < -0.39 is 23.6 Å². The third-order valence-electron chi connectivity index (χ3n) is 5.02. The van der Waals surface area contributed by atoms with Gasteiger partial charge in [0.25, 0.3) is 11.8 Å². The smallest absolute Gasteiger partial charge is 0.277 e.